The first-order chi connectivity index (χ1) is 28.2. The van der Waals surface area contributed by atoms with E-state index in [0.717, 1.165) is 61.5 Å². The minimum atomic E-state index is -1.33. The molecule has 15 heteroatoms. The SMILES string of the molecule is Cc1cccc(-c2ccc3sc(CBr)nc3c2)c1.Cc1cccc(-c2ccc3sc(COc4ccc(F)c(C(N)=O)c4F)nc3c2)c1.NC(=O)c1c(F)ccc(O)c1F. The van der Waals surface area contributed by atoms with E-state index in [9.17, 15) is 27.2 Å². The van der Waals surface area contributed by atoms with Gasteiger partial charge in [0, 0.05) is 0 Å². The standard InChI is InChI=1S/C22H16F2N2O2S.C15H12BrNS.C7H5F2NO2/c1-12-3-2-4-13(9-12)14-5-8-18-16(10-14)26-19(29-18)11-28-17-7-6-15(23)20(21(17)24)22(25)27;1-10-3-2-4-11(7-10)12-5-6-14-13(8-12)17-15(9-16)18-14;8-3-1-2-4(11)6(9)5(3)7(10)12/h2-10H,11H2,1H3,(H2,25,27);2-8H,9H2,1H3;1-2,11H,(H2,10,12). The van der Waals surface area contributed by atoms with Crippen LogP contribution in [0.1, 0.15) is 41.9 Å². The van der Waals surface area contributed by atoms with Crippen LogP contribution >= 0.6 is 38.6 Å². The number of amides is 2. The summed E-state index contributed by atoms with van der Waals surface area (Å²) in [5.74, 6) is -8.04. The maximum absolute atomic E-state index is 14.3. The lowest BCUT2D eigenvalue weighted by molar-refractivity contribution is 0.0982. The lowest BCUT2D eigenvalue weighted by atomic mass is 10.0. The van der Waals surface area contributed by atoms with Crippen LogP contribution in [0.4, 0.5) is 17.6 Å². The van der Waals surface area contributed by atoms with Crippen molar-refractivity contribution in [1.82, 2.24) is 9.97 Å². The normalized spacial score (nSPS) is 10.8. The molecule has 0 fully saturated rings. The van der Waals surface area contributed by atoms with Crippen molar-refractivity contribution in [2.75, 3.05) is 0 Å². The molecule has 0 radical (unpaired) electrons. The number of benzene rings is 6. The third-order valence-electron chi connectivity index (χ3n) is 8.65. The molecule has 0 aliphatic carbocycles. The number of fused-ring (bicyclic) bond motifs is 2. The first-order valence-electron chi connectivity index (χ1n) is 17.6. The fourth-order valence-corrected chi connectivity index (χ4v) is 7.98. The number of aromatic hydroxyl groups is 1. The van der Waals surface area contributed by atoms with Crippen LogP contribution in [0.3, 0.4) is 0 Å². The van der Waals surface area contributed by atoms with Crippen LogP contribution in [-0.2, 0) is 11.9 Å². The minimum Gasteiger partial charge on any atom is -0.505 e. The van der Waals surface area contributed by atoms with Crippen molar-refractivity contribution in [2.45, 2.75) is 25.8 Å². The molecule has 0 aliphatic rings. The molecule has 2 amide bonds. The van der Waals surface area contributed by atoms with E-state index in [0.29, 0.717) is 5.01 Å². The summed E-state index contributed by atoms with van der Waals surface area (Å²) in [6.07, 6.45) is 0. The molecule has 5 N–H and O–H groups in total. The number of primary amides is 2. The molecule has 8 rings (SSSR count). The van der Waals surface area contributed by atoms with Gasteiger partial charge in [-0.15, -0.1) is 22.7 Å². The number of hydrogen-bond acceptors (Lipinski definition) is 8. The number of ether oxygens (including phenoxy) is 1. The summed E-state index contributed by atoms with van der Waals surface area (Å²) in [7, 11) is 0. The van der Waals surface area contributed by atoms with E-state index in [1.807, 2.05) is 43.3 Å². The molecule has 0 aliphatic heterocycles. The average Bonchev–Trinajstić information content (AvgIpc) is 3.82. The third-order valence-corrected chi connectivity index (χ3v) is 11.6. The number of thiazole rings is 2. The highest BCUT2D eigenvalue weighted by atomic mass is 79.9. The van der Waals surface area contributed by atoms with Crippen LogP contribution in [0.25, 0.3) is 42.7 Å². The number of hydrogen-bond donors (Lipinski definition) is 3. The predicted octanol–water partition coefficient (Wildman–Crippen LogP) is 11.2. The Kier molecular flexibility index (Phi) is 13.4. The molecule has 0 atom stereocenters. The number of phenolic OH excluding ortho intramolecular Hbond substituents is 1. The van der Waals surface area contributed by atoms with Crippen molar-refractivity contribution in [3.05, 3.63) is 165 Å². The summed E-state index contributed by atoms with van der Waals surface area (Å²) in [6, 6.07) is 32.9. The number of nitrogens with two attached hydrogens (primary N) is 2. The molecular weight excluding hydrogens is 869 g/mol. The number of carbonyl (C=O) groups is 2. The maximum atomic E-state index is 14.3. The first-order valence-corrected chi connectivity index (χ1v) is 20.3. The molecule has 0 spiro atoms. The quantitative estimate of drug-likeness (QED) is 0.102. The summed E-state index contributed by atoms with van der Waals surface area (Å²) < 4.78 is 60.9. The van der Waals surface area contributed by atoms with E-state index in [4.69, 9.17) is 15.6 Å². The van der Waals surface area contributed by atoms with E-state index in [2.05, 4.69) is 87.1 Å². The largest absolute Gasteiger partial charge is 0.505 e. The second-order valence-corrected chi connectivity index (χ2v) is 15.8. The van der Waals surface area contributed by atoms with Gasteiger partial charge in [-0.2, -0.15) is 0 Å². The topological polar surface area (TPSA) is 141 Å². The molecule has 6 aromatic carbocycles. The fourth-order valence-electron chi connectivity index (χ4n) is 5.86. The fraction of sp³-hybridized carbons (Fsp3) is 0.0909. The van der Waals surface area contributed by atoms with Crippen LogP contribution in [0.2, 0.25) is 0 Å². The van der Waals surface area contributed by atoms with Crippen LogP contribution in [0, 0.1) is 37.1 Å². The van der Waals surface area contributed by atoms with E-state index < -0.39 is 52.0 Å². The van der Waals surface area contributed by atoms with Gasteiger partial charge in [-0.25, -0.2) is 27.5 Å². The summed E-state index contributed by atoms with van der Waals surface area (Å²) in [6.45, 7) is 4.15. The van der Waals surface area contributed by atoms with Crippen molar-refractivity contribution in [3.8, 4) is 33.8 Å². The smallest absolute Gasteiger partial charge is 0.254 e. The molecule has 300 valence electrons. The Morgan fingerprint density at radius 2 is 1.12 bits per heavy atom. The zero-order chi connectivity index (χ0) is 42.4. The highest BCUT2D eigenvalue weighted by Gasteiger charge is 2.20. The van der Waals surface area contributed by atoms with Crippen molar-refractivity contribution in [2.24, 2.45) is 11.5 Å². The number of aromatic nitrogens is 2. The van der Waals surface area contributed by atoms with Crippen LogP contribution in [-0.4, -0.2) is 26.9 Å². The van der Waals surface area contributed by atoms with Gasteiger partial charge in [0.15, 0.2) is 23.1 Å². The molecule has 8 aromatic rings. The summed E-state index contributed by atoms with van der Waals surface area (Å²) in [4.78, 5) is 30.8. The molecule has 59 heavy (non-hydrogen) atoms. The van der Waals surface area contributed by atoms with Crippen molar-refractivity contribution in [3.63, 3.8) is 0 Å². The second kappa shape index (κ2) is 18.6. The van der Waals surface area contributed by atoms with Crippen LogP contribution < -0.4 is 16.2 Å². The Morgan fingerprint density at radius 1 is 0.644 bits per heavy atom. The number of carbonyl (C=O) groups excluding carboxylic acids is 2. The van der Waals surface area contributed by atoms with Gasteiger partial charge in [0.25, 0.3) is 11.8 Å². The van der Waals surface area contributed by atoms with E-state index in [1.165, 1.54) is 38.3 Å². The molecule has 0 saturated heterocycles. The van der Waals surface area contributed by atoms with Crippen molar-refractivity contribution >= 4 is 70.9 Å². The van der Waals surface area contributed by atoms with E-state index in [1.54, 1.807) is 11.3 Å². The monoisotopic (exact) mass is 900 g/mol. The van der Waals surface area contributed by atoms with Gasteiger partial charge in [0.2, 0.25) is 0 Å². The number of rotatable bonds is 8. The zero-order valence-electron chi connectivity index (χ0n) is 31.2. The van der Waals surface area contributed by atoms with Crippen molar-refractivity contribution < 1.29 is 37.0 Å². The third kappa shape index (κ3) is 10.1. The molecule has 0 unspecified atom stereocenters. The van der Waals surface area contributed by atoms with Gasteiger partial charge in [-0.1, -0.05) is 87.7 Å². The number of nitrogens with zero attached hydrogens (tertiary/aromatic N) is 2. The maximum Gasteiger partial charge on any atom is 0.254 e. The number of phenols is 1. The summed E-state index contributed by atoms with van der Waals surface area (Å²) >= 11 is 6.62. The predicted molar refractivity (Wildman–Crippen MR) is 228 cm³/mol. The van der Waals surface area contributed by atoms with E-state index >= 15 is 0 Å². The molecule has 0 saturated carbocycles. The highest BCUT2D eigenvalue weighted by Crippen LogP contribution is 2.31. The Labute approximate surface area is 351 Å². The summed E-state index contributed by atoms with van der Waals surface area (Å²) in [5.41, 5.74) is 17.0. The van der Waals surface area contributed by atoms with Crippen molar-refractivity contribution in [1.29, 1.82) is 0 Å². The molecule has 0 bridgehead atoms. The Bertz CT molecular complexity index is 2850. The van der Waals surface area contributed by atoms with E-state index in [-0.39, 0.29) is 12.4 Å². The van der Waals surface area contributed by atoms with Gasteiger partial charge in [-0.05, 0) is 84.6 Å². The highest BCUT2D eigenvalue weighted by molar-refractivity contribution is 9.08. The average molecular weight is 902 g/mol. The lowest BCUT2D eigenvalue weighted by Gasteiger charge is -2.08. The number of halogens is 5. The summed E-state index contributed by atoms with van der Waals surface area (Å²) in [5, 5.41) is 11.3. The molecule has 2 aromatic heterocycles. The molecule has 2 heterocycles. The Hall–Kier alpha value is -6.16. The minimum absolute atomic E-state index is 0.0140. The van der Waals surface area contributed by atoms with Gasteiger partial charge in [0.05, 0.1) is 25.8 Å². The van der Waals surface area contributed by atoms with Gasteiger partial charge < -0.3 is 21.3 Å². The first kappa shape index (κ1) is 42.4. The Balaban J connectivity index is 0.000000165. The molecular formula is C44H33BrF4N4O4S2. The number of aryl methyl sites for hydroxylation is 2. The zero-order valence-corrected chi connectivity index (χ0v) is 34.5. The van der Waals surface area contributed by atoms with Crippen LogP contribution in [0.5, 0.6) is 11.5 Å². The lowest BCUT2D eigenvalue weighted by Crippen LogP contribution is -2.16. The Morgan fingerprint density at radius 3 is 1.61 bits per heavy atom. The second-order valence-electron chi connectivity index (χ2n) is 13.0. The number of alkyl halides is 1. The van der Waals surface area contributed by atoms with Crippen LogP contribution in [0.15, 0.2) is 109 Å². The molecule has 8 nitrogen and oxygen atoms in total. The van der Waals surface area contributed by atoms with Gasteiger partial charge in [-0.3, -0.25) is 9.59 Å². The van der Waals surface area contributed by atoms with Gasteiger partial charge >= 0.3 is 0 Å². The van der Waals surface area contributed by atoms with Gasteiger partial charge in [0.1, 0.15) is 39.4 Å².